The molecule has 26 heavy (non-hydrogen) atoms. The summed E-state index contributed by atoms with van der Waals surface area (Å²) >= 11 is 12.1. The summed E-state index contributed by atoms with van der Waals surface area (Å²) < 4.78 is 5.94. The molecule has 0 bridgehead atoms. The molecule has 1 unspecified atom stereocenters. The summed E-state index contributed by atoms with van der Waals surface area (Å²) in [6, 6.07) is 9.51. The average molecular weight is 390 g/mol. The number of anilines is 2. The molecule has 0 aliphatic carbocycles. The van der Waals surface area contributed by atoms with Crippen molar-refractivity contribution in [3.8, 4) is 0 Å². The molecule has 1 aromatic carbocycles. The molecular weight excluding hydrogens is 373 g/mol. The maximum absolute atomic E-state index is 6.09. The van der Waals surface area contributed by atoms with Gasteiger partial charge in [0.1, 0.15) is 17.1 Å². The molecule has 6 nitrogen and oxygen atoms in total. The number of halogens is 2. The van der Waals surface area contributed by atoms with Crippen LogP contribution in [0.25, 0.3) is 5.57 Å². The molecule has 1 fully saturated rings. The van der Waals surface area contributed by atoms with E-state index in [-0.39, 0.29) is 12.1 Å². The van der Waals surface area contributed by atoms with E-state index in [4.69, 9.17) is 33.7 Å². The molecule has 0 saturated carbocycles. The lowest BCUT2D eigenvalue weighted by atomic mass is 10.0. The number of morpholine rings is 1. The van der Waals surface area contributed by atoms with Crippen LogP contribution in [-0.4, -0.2) is 41.5 Å². The van der Waals surface area contributed by atoms with Gasteiger partial charge in [-0.05, 0) is 23.3 Å². The zero-order valence-electron chi connectivity index (χ0n) is 13.9. The van der Waals surface area contributed by atoms with Gasteiger partial charge in [0.05, 0.1) is 18.9 Å². The summed E-state index contributed by atoms with van der Waals surface area (Å²) in [5.41, 5.74) is 8.93. The van der Waals surface area contributed by atoms with E-state index in [2.05, 4.69) is 19.9 Å². The van der Waals surface area contributed by atoms with Crippen LogP contribution >= 0.6 is 23.2 Å². The first-order chi connectivity index (χ1) is 12.6. The van der Waals surface area contributed by atoms with Gasteiger partial charge in [0.15, 0.2) is 0 Å². The van der Waals surface area contributed by atoms with E-state index in [0.717, 1.165) is 28.3 Å². The third kappa shape index (κ3) is 3.67. The standard InChI is InChI=1S/C18H17Cl2N5O/c19-13-3-1-2-11(6-13)12-7-14(22-9-12)15-10-25(4-5-26-15)17-8-16(20)23-18(21)24-17/h1-3,6,8-9,15H,4-5,7,10H2,(H2,21,23,24). The molecule has 1 saturated heterocycles. The van der Waals surface area contributed by atoms with Crippen molar-refractivity contribution in [2.24, 2.45) is 4.99 Å². The minimum absolute atomic E-state index is 0.105. The van der Waals surface area contributed by atoms with Gasteiger partial charge in [-0.2, -0.15) is 4.98 Å². The van der Waals surface area contributed by atoms with Crippen LogP contribution in [-0.2, 0) is 4.74 Å². The molecule has 2 aliphatic heterocycles. The van der Waals surface area contributed by atoms with E-state index in [0.29, 0.717) is 30.7 Å². The predicted octanol–water partition coefficient (Wildman–Crippen LogP) is 3.46. The molecule has 0 amide bonds. The number of aliphatic imine (C=N–C) groups is 1. The third-order valence-corrected chi connectivity index (χ3v) is 4.84. The van der Waals surface area contributed by atoms with Crippen LogP contribution in [0.5, 0.6) is 0 Å². The zero-order chi connectivity index (χ0) is 18.1. The van der Waals surface area contributed by atoms with E-state index in [9.17, 15) is 0 Å². The highest BCUT2D eigenvalue weighted by molar-refractivity contribution is 6.30. The largest absolute Gasteiger partial charge is 0.369 e. The van der Waals surface area contributed by atoms with Crippen LogP contribution in [0.3, 0.4) is 0 Å². The van der Waals surface area contributed by atoms with Gasteiger partial charge in [0.2, 0.25) is 5.95 Å². The Bertz CT molecular complexity index is 879. The van der Waals surface area contributed by atoms with Crippen molar-refractivity contribution < 1.29 is 4.74 Å². The zero-order valence-corrected chi connectivity index (χ0v) is 15.4. The molecule has 8 heteroatoms. The number of nitrogens with two attached hydrogens (primary N) is 1. The van der Waals surface area contributed by atoms with Crippen molar-refractivity contribution in [3.63, 3.8) is 0 Å². The molecule has 134 valence electrons. The van der Waals surface area contributed by atoms with E-state index < -0.39 is 0 Å². The Morgan fingerprint density at radius 2 is 2.08 bits per heavy atom. The molecule has 0 radical (unpaired) electrons. The lowest BCUT2D eigenvalue weighted by molar-refractivity contribution is 0.0829. The average Bonchev–Trinajstić information content (AvgIpc) is 3.11. The summed E-state index contributed by atoms with van der Waals surface area (Å²) in [6.45, 7) is 1.94. The van der Waals surface area contributed by atoms with Crippen LogP contribution in [0.15, 0.2) is 41.5 Å². The van der Waals surface area contributed by atoms with Crippen molar-refractivity contribution in [3.05, 3.63) is 52.3 Å². The van der Waals surface area contributed by atoms with Crippen LogP contribution < -0.4 is 10.6 Å². The molecule has 2 aromatic rings. The lowest BCUT2D eigenvalue weighted by Crippen LogP contribution is -2.46. The second kappa shape index (κ2) is 7.23. The fraction of sp³-hybridized carbons (Fsp3) is 0.278. The summed E-state index contributed by atoms with van der Waals surface area (Å²) in [5.74, 6) is 0.871. The number of nitrogens with zero attached hydrogens (tertiary/aromatic N) is 4. The molecule has 1 aromatic heterocycles. The lowest BCUT2D eigenvalue weighted by Gasteiger charge is -2.34. The van der Waals surface area contributed by atoms with Gasteiger partial charge >= 0.3 is 0 Å². The molecule has 0 spiro atoms. The normalized spacial score (nSPS) is 20.1. The molecule has 4 rings (SSSR count). The van der Waals surface area contributed by atoms with Gasteiger partial charge in [0, 0.05) is 30.3 Å². The highest BCUT2D eigenvalue weighted by Crippen LogP contribution is 2.29. The molecular formula is C18H17Cl2N5O. The quantitative estimate of drug-likeness (QED) is 0.813. The monoisotopic (exact) mass is 389 g/mol. The second-order valence-electron chi connectivity index (χ2n) is 6.17. The highest BCUT2D eigenvalue weighted by Gasteiger charge is 2.28. The first kappa shape index (κ1) is 17.3. The van der Waals surface area contributed by atoms with Gasteiger partial charge in [-0.3, -0.25) is 4.99 Å². The van der Waals surface area contributed by atoms with Crippen molar-refractivity contribution in [2.45, 2.75) is 12.5 Å². The van der Waals surface area contributed by atoms with E-state index in [1.165, 1.54) is 0 Å². The summed E-state index contributed by atoms with van der Waals surface area (Å²) in [5, 5.41) is 1.05. The van der Waals surface area contributed by atoms with Crippen molar-refractivity contribution in [1.29, 1.82) is 0 Å². The number of hydrogen-bond donors (Lipinski definition) is 1. The SMILES string of the molecule is Nc1nc(Cl)cc(N2CCOC(C3=NC=C(c4cccc(Cl)c4)C3)C2)n1. The first-order valence-electron chi connectivity index (χ1n) is 8.26. The topological polar surface area (TPSA) is 76.6 Å². The Morgan fingerprint density at radius 1 is 1.19 bits per heavy atom. The van der Waals surface area contributed by atoms with Crippen LogP contribution in [0.1, 0.15) is 12.0 Å². The van der Waals surface area contributed by atoms with E-state index in [1.807, 2.05) is 30.5 Å². The first-order valence-corrected chi connectivity index (χ1v) is 9.02. The maximum atomic E-state index is 6.09. The summed E-state index contributed by atoms with van der Waals surface area (Å²) in [7, 11) is 0. The van der Waals surface area contributed by atoms with Gasteiger partial charge in [-0.25, -0.2) is 4.98 Å². The van der Waals surface area contributed by atoms with Crippen molar-refractivity contribution in [1.82, 2.24) is 9.97 Å². The van der Waals surface area contributed by atoms with E-state index >= 15 is 0 Å². The maximum Gasteiger partial charge on any atom is 0.223 e. The number of rotatable bonds is 3. The minimum atomic E-state index is -0.105. The fourth-order valence-electron chi connectivity index (χ4n) is 3.15. The molecule has 2 N–H and O–H groups in total. The molecule has 1 atom stereocenters. The predicted molar refractivity (Wildman–Crippen MR) is 105 cm³/mol. The van der Waals surface area contributed by atoms with Crippen molar-refractivity contribution >= 4 is 46.3 Å². The van der Waals surface area contributed by atoms with Crippen LogP contribution in [0, 0.1) is 0 Å². The number of hydrogen-bond acceptors (Lipinski definition) is 6. The van der Waals surface area contributed by atoms with Crippen LogP contribution in [0.2, 0.25) is 10.2 Å². The number of nitrogen functional groups attached to an aromatic ring is 1. The third-order valence-electron chi connectivity index (χ3n) is 4.41. The van der Waals surface area contributed by atoms with Gasteiger partial charge < -0.3 is 15.4 Å². The summed E-state index contributed by atoms with van der Waals surface area (Å²) in [4.78, 5) is 14.9. The highest BCUT2D eigenvalue weighted by atomic mass is 35.5. The Kier molecular flexibility index (Phi) is 4.80. The van der Waals surface area contributed by atoms with Crippen molar-refractivity contribution in [2.75, 3.05) is 30.3 Å². The number of benzene rings is 1. The van der Waals surface area contributed by atoms with Gasteiger partial charge in [0.25, 0.3) is 0 Å². The Labute approximate surface area is 161 Å². The molecule has 3 heterocycles. The van der Waals surface area contributed by atoms with Gasteiger partial charge in [-0.1, -0.05) is 35.3 Å². The smallest absolute Gasteiger partial charge is 0.223 e. The Hall–Kier alpha value is -2.15. The number of aromatic nitrogens is 2. The number of ether oxygens (including phenoxy) is 1. The fourth-order valence-corrected chi connectivity index (χ4v) is 3.53. The number of allylic oxidation sites excluding steroid dienone is 1. The van der Waals surface area contributed by atoms with E-state index in [1.54, 1.807) is 6.07 Å². The second-order valence-corrected chi connectivity index (χ2v) is 7.00. The van der Waals surface area contributed by atoms with Gasteiger partial charge in [-0.15, -0.1) is 0 Å². The Morgan fingerprint density at radius 3 is 2.88 bits per heavy atom. The minimum Gasteiger partial charge on any atom is -0.369 e. The summed E-state index contributed by atoms with van der Waals surface area (Å²) in [6.07, 6.45) is 2.53. The Balaban J connectivity index is 1.46. The molecule has 2 aliphatic rings. The van der Waals surface area contributed by atoms with Crippen LogP contribution in [0.4, 0.5) is 11.8 Å².